The molecule has 0 aromatic heterocycles. The lowest BCUT2D eigenvalue weighted by molar-refractivity contribution is -0.154. The number of fused-ring (bicyclic) bond motifs is 1. The van der Waals surface area contributed by atoms with Crippen LogP contribution in [0.3, 0.4) is 0 Å². The zero-order valence-electron chi connectivity index (χ0n) is 14.8. The number of benzene rings is 1. The van der Waals surface area contributed by atoms with Crippen molar-refractivity contribution in [2.75, 3.05) is 26.2 Å². The molecule has 1 aromatic rings. The van der Waals surface area contributed by atoms with E-state index in [4.69, 9.17) is 16.3 Å². The third kappa shape index (κ3) is 2.82. The van der Waals surface area contributed by atoms with Gasteiger partial charge in [0.2, 0.25) is 11.8 Å². The van der Waals surface area contributed by atoms with Crippen molar-refractivity contribution in [3.63, 3.8) is 0 Å². The molecule has 1 aromatic carbocycles. The second kappa shape index (κ2) is 7.21. The molecule has 0 saturated carbocycles. The summed E-state index contributed by atoms with van der Waals surface area (Å²) in [5, 5.41) is 3.89. The molecule has 2 saturated heterocycles. The molecule has 3 rings (SSSR count). The molecule has 6 nitrogen and oxygen atoms in total. The quantitative estimate of drug-likeness (QED) is 0.605. The molecule has 2 amide bonds. The number of rotatable bonds is 5. The molecule has 2 aliphatic rings. The Morgan fingerprint density at radius 2 is 1.96 bits per heavy atom. The lowest BCUT2D eigenvalue weighted by atomic mass is 9.78. The topological polar surface area (TPSA) is 75.7 Å². The van der Waals surface area contributed by atoms with Crippen LogP contribution < -0.4 is 5.32 Å². The fourth-order valence-electron chi connectivity index (χ4n) is 4.07. The van der Waals surface area contributed by atoms with Crippen molar-refractivity contribution < 1.29 is 19.1 Å². The summed E-state index contributed by atoms with van der Waals surface area (Å²) in [5.74, 6) is -1.88. The molecule has 0 spiro atoms. The van der Waals surface area contributed by atoms with E-state index in [1.807, 2.05) is 18.4 Å². The van der Waals surface area contributed by atoms with Crippen LogP contribution in [0, 0.1) is 11.8 Å². The van der Waals surface area contributed by atoms with Crippen molar-refractivity contribution in [1.29, 1.82) is 0 Å². The number of methoxy groups -OCH3 is 1. The molecule has 0 unspecified atom stereocenters. The minimum atomic E-state index is -1.22. The maximum absolute atomic E-state index is 12.9. The van der Waals surface area contributed by atoms with Gasteiger partial charge >= 0.3 is 5.97 Å². The summed E-state index contributed by atoms with van der Waals surface area (Å²) in [6.07, 6.45) is 2.33. The van der Waals surface area contributed by atoms with Gasteiger partial charge in [0, 0.05) is 18.1 Å². The van der Waals surface area contributed by atoms with Crippen molar-refractivity contribution in [2.45, 2.75) is 18.0 Å². The van der Waals surface area contributed by atoms with E-state index in [0.29, 0.717) is 17.2 Å². The summed E-state index contributed by atoms with van der Waals surface area (Å²) in [7, 11) is 2.78. The summed E-state index contributed by atoms with van der Waals surface area (Å²) in [4.78, 5) is 39.6. The van der Waals surface area contributed by atoms with Crippen LogP contribution in [0.15, 0.2) is 24.3 Å². The number of nitrogens with zero attached hydrogens (tertiary/aromatic N) is 1. The van der Waals surface area contributed by atoms with E-state index in [0.717, 1.165) is 10.5 Å². The van der Waals surface area contributed by atoms with E-state index in [-0.39, 0.29) is 11.8 Å². The Morgan fingerprint density at radius 3 is 2.54 bits per heavy atom. The van der Waals surface area contributed by atoms with Gasteiger partial charge in [-0.2, -0.15) is 11.8 Å². The summed E-state index contributed by atoms with van der Waals surface area (Å²) in [6.45, 7) is 0. The third-order valence-corrected chi connectivity index (χ3v) is 6.22. The summed E-state index contributed by atoms with van der Waals surface area (Å²) in [5.41, 5.74) is -0.402. The number of likely N-dealkylation sites (tertiary alicyclic amines) is 1. The number of hydrogen-bond acceptors (Lipinski definition) is 6. The molecule has 4 atom stereocenters. The maximum Gasteiger partial charge on any atom is 0.326 e. The number of halogens is 1. The molecule has 1 N–H and O–H groups in total. The number of carbonyl (C=O) groups is 3. The van der Waals surface area contributed by atoms with Gasteiger partial charge in [0.15, 0.2) is 0 Å². The zero-order chi connectivity index (χ0) is 19.1. The van der Waals surface area contributed by atoms with Crippen LogP contribution in [0.4, 0.5) is 0 Å². The third-order valence-electron chi connectivity index (χ3n) is 5.35. The smallest absolute Gasteiger partial charge is 0.326 e. The van der Waals surface area contributed by atoms with Crippen LogP contribution in [0.2, 0.25) is 5.02 Å². The molecule has 0 radical (unpaired) electrons. The first-order valence-corrected chi connectivity index (χ1v) is 10.1. The molecule has 8 heteroatoms. The van der Waals surface area contributed by atoms with Crippen molar-refractivity contribution >= 4 is 41.1 Å². The number of carbonyl (C=O) groups excluding carboxylic acids is 3. The van der Waals surface area contributed by atoms with E-state index >= 15 is 0 Å². The van der Waals surface area contributed by atoms with Gasteiger partial charge in [-0.25, -0.2) is 0 Å². The van der Waals surface area contributed by atoms with Crippen molar-refractivity contribution in [3.05, 3.63) is 34.9 Å². The zero-order valence-corrected chi connectivity index (χ0v) is 16.4. The van der Waals surface area contributed by atoms with Crippen LogP contribution >= 0.6 is 23.4 Å². The molecule has 2 aliphatic heterocycles. The normalized spacial score (nSPS) is 30.6. The Kier molecular flexibility index (Phi) is 5.33. The van der Waals surface area contributed by atoms with Gasteiger partial charge in [0.05, 0.1) is 18.9 Å². The summed E-state index contributed by atoms with van der Waals surface area (Å²) < 4.78 is 5.05. The highest BCUT2D eigenvalue weighted by atomic mass is 35.5. The van der Waals surface area contributed by atoms with E-state index < -0.39 is 29.4 Å². The van der Waals surface area contributed by atoms with Gasteiger partial charge in [-0.3, -0.25) is 24.6 Å². The standard InChI is InChI=1S/C18H21ClN2O4S/c1-21-15(22)12-13(16(21)23)18(8-9-26-3,17(24)25-2)20-14(12)10-4-6-11(19)7-5-10/h4-7,12-14,20H,8-9H2,1-3H3/t12-,13+,14-,18+/m0/s1. The van der Waals surface area contributed by atoms with Gasteiger partial charge in [-0.15, -0.1) is 0 Å². The van der Waals surface area contributed by atoms with E-state index in [1.54, 1.807) is 23.9 Å². The molecule has 2 heterocycles. The van der Waals surface area contributed by atoms with Crippen molar-refractivity contribution in [1.82, 2.24) is 10.2 Å². The van der Waals surface area contributed by atoms with Gasteiger partial charge < -0.3 is 4.74 Å². The van der Waals surface area contributed by atoms with Crippen LogP contribution in [0.25, 0.3) is 0 Å². The van der Waals surface area contributed by atoms with Gasteiger partial charge in [0.1, 0.15) is 5.54 Å². The lowest BCUT2D eigenvalue weighted by Gasteiger charge is -2.32. The number of amides is 2. The van der Waals surface area contributed by atoms with Crippen LogP contribution in [-0.2, 0) is 19.1 Å². The predicted molar refractivity (Wildman–Crippen MR) is 99.8 cm³/mol. The highest BCUT2D eigenvalue weighted by Gasteiger charge is 2.67. The molecular weight excluding hydrogens is 376 g/mol. The first-order valence-electron chi connectivity index (χ1n) is 8.29. The fourth-order valence-corrected chi connectivity index (χ4v) is 4.72. The minimum absolute atomic E-state index is 0.276. The highest BCUT2D eigenvalue weighted by Crippen LogP contribution is 2.50. The summed E-state index contributed by atoms with van der Waals surface area (Å²) >= 11 is 7.55. The van der Waals surface area contributed by atoms with Gasteiger partial charge in [-0.05, 0) is 36.1 Å². The largest absolute Gasteiger partial charge is 0.468 e. The lowest BCUT2D eigenvalue weighted by Crippen LogP contribution is -2.56. The Morgan fingerprint density at radius 1 is 1.31 bits per heavy atom. The second-order valence-electron chi connectivity index (χ2n) is 6.62. The molecule has 0 aliphatic carbocycles. The minimum Gasteiger partial charge on any atom is -0.468 e. The number of hydrogen-bond donors (Lipinski definition) is 1. The number of esters is 1. The number of nitrogens with one attached hydrogen (secondary N) is 1. The Labute approximate surface area is 161 Å². The van der Waals surface area contributed by atoms with Crippen molar-refractivity contribution in [2.24, 2.45) is 11.8 Å². The number of ether oxygens (including phenoxy) is 1. The monoisotopic (exact) mass is 396 g/mol. The highest BCUT2D eigenvalue weighted by molar-refractivity contribution is 7.98. The van der Waals surface area contributed by atoms with E-state index in [2.05, 4.69) is 5.32 Å². The van der Waals surface area contributed by atoms with Crippen LogP contribution in [0.5, 0.6) is 0 Å². The first-order chi connectivity index (χ1) is 12.4. The Balaban J connectivity index is 2.11. The van der Waals surface area contributed by atoms with E-state index in [1.165, 1.54) is 14.2 Å². The second-order valence-corrected chi connectivity index (χ2v) is 8.04. The van der Waals surface area contributed by atoms with Gasteiger partial charge in [-0.1, -0.05) is 23.7 Å². The first kappa shape index (κ1) is 19.2. The number of thioether (sulfide) groups is 1. The average Bonchev–Trinajstić information content (AvgIpc) is 3.10. The average molecular weight is 397 g/mol. The summed E-state index contributed by atoms with van der Waals surface area (Å²) in [6, 6.07) is 6.64. The van der Waals surface area contributed by atoms with Crippen LogP contribution in [0.1, 0.15) is 18.0 Å². The van der Waals surface area contributed by atoms with Gasteiger partial charge in [0.25, 0.3) is 0 Å². The molecule has 0 bridgehead atoms. The molecule has 140 valence electrons. The fraction of sp³-hybridized carbons (Fsp3) is 0.500. The van der Waals surface area contributed by atoms with Crippen molar-refractivity contribution in [3.8, 4) is 0 Å². The maximum atomic E-state index is 12.9. The molecule has 26 heavy (non-hydrogen) atoms. The Bertz CT molecular complexity index is 741. The molecule has 2 fully saturated rings. The van der Waals surface area contributed by atoms with E-state index in [9.17, 15) is 14.4 Å². The molecular formula is C18H21ClN2O4S. The Hall–Kier alpha value is -1.57. The van der Waals surface area contributed by atoms with Crippen LogP contribution in [-0.4, -0.2) is 54.4 Å². The number of imide groups is 1. The predicted octanol–water partition coefficient (Wildman–Crippen LogP) is 1.88. The SMILES string of the molecule is COC(=O)[C@]1(CCSC)N[C@@H](c2ccc(Cl)cc2)[C@H]2C(=O)N(C)C(=O)[C@@H]21.